The van der Waals surface area contributed by atoms with Crippen molar-refractivity contribution < 1.29 is 17.6 Å². The number of rotatable bonds is 3. The number of hydrogen-bond donors (Lipinski definition) is 1. The third-order valence-corrected chi connectivity index (χ3v) is 2.80. The summed E-state index contributed by atoms with van der Waals surface area (Å²) in [6.07, 6.45) is -2.91. The van der Waals surface area contributed by atoms with E-state index in [-0.39, 0.29) is 12.0 Å². The Hall–Kier alpha value is -1.96. The Morgan fingerprint density at radius 2 is 2.05 bits per heavy atom. The molecule has 1 unspecified atom stereocenters. The summed E-state index contributed by atoms with van der Waals surface area (Å²) in [7, 11) is 1.67. The van der Waals surface area contributed by atoms with Crippen LogP contribution in [0.25, 0.3) is 0 Å². The summed E-state index contributed by atoms with van der Waals surface area (Å²) in [6.45, 7) is 0. The summed E-state index contributed by atoms with van der Waals surface area (Å²) in [5, 5.41) is 7.51. The quantitative estimate of drug-likeness (QED) is 0.881. The van der Waals surface area contributed by atoms with Crippen molar-refractivity contribution in [2.45, 2.75) is 18.6 Å². The molecule has 8 heteroatoms. The van der Waals surface area contributed by atoms with Gasteiger partial charge in [0.1, 0.15) is 5.82 Å². The van der Waals surface area contributed by atoms with Crippen LogP contribution in [0, 0.1) is 5.82 Å². The zero-order valence-electron chi connectivity index (χ0n) is 10.5. The fourth-order valence-electron chi connectivity index (χ4n) is 1.82. The standard InChI is InChI=1S/C12H12F4N4/c1-20-6-8(18-19-20)5-11(17)7-2-3-10(13)9(4-7)12(14,15)16/h2-4,6,11H,5,17H2,1H3. The lowest BCUT2D eigenvalue weighted by Crippen LogP contribution is -2.16. The maximum Gasteiger partial charge on any atom is 0.419 e. The van der Waals surface area contributed by atoms with Crippen LogP contribution in [0.5, 0.6) is 0 Å². The predicted molar refractivity (Wildman–Crippen MR) is 63.0 cm³/mol. The molecule has 2 rings (SSSR count). The van der Waals surface area contributed by atoms with Crippen molar-refractivity contribution in [3.8, 4) is 0 Å². The lowest BCUT2D eigenvalue weighted by molar-refractivity contribution is -0.140. The van der Waals surface area contributed by atoms with Crippen LogP contribution < -0.4 is 5.73 Å². The molecule has 0 radical (unpaired) electrons. The fraction of sp³-hybridized carbons (Fsp3) is 0.333. The van der Waals surface area contributed by atoms with E-state index in [1.807, 2.05) is 0 Å². The van der Waals surface area contributed by atoms with Crippen LogP contribution in [0.15, 0.2) is 24.4 Å². The van der Waals surface area contributed by atoms with Gasteiger partial charge in [0.2, 0.25) is 0 Å². The largest absolute Gasteiger partial charge is 0.419 e. The highest BCUT2D eigenvalue weighted by atomic mass is 19.4. The van der Waals surface area contributed by atoms with Gasteiger partial charge in [0.05, 0.1) is 11.3 Å². The number of benzene rings is 1. The average molecular weight is 288 g/mol. The minimum Gasteiger partial charge on any atom is -0.324 e. The second-order valence-electron chi connectivity index (χ2n) is 4.43. The van der Waals surface area contributed by atoms with Crippen LogP contribution >= 0.6 is 0 Å². The minimum atomic E-state index is -4.74. The van der Waals surface area contributed by atoms with E-state index >= 15 is 0 Å². The third-order valence-electron chi connectivity index (χ3n) is 2.80. The molecule has 4 nitrogen and oxygen atoms in total. The van der Waals surface area contributed by atoms with E-state index in [0.29, 0.717) is 5.69 Å². The molecule has 1 atom stereocenters. The zero-order chi connectivity index (χ0) is 14.9. The van der Waals surface area contributed by atoms with Gasteiger partial charge in [0.15, 0.2) is 0 Å². The van der Waals surface area contributed by atoms with Crippen molar-refractivity contribution >= 4 is 0 Å². The summed E-state index contributed by atoms with van der Waals surface area (Å²) in [4.78, 5) is 0. The normalized spacial score (nSPS) is 13.5. The number of nitrogens with zero attached hydrogens (tertiary/aromatic N) is 3. The van der Waals surface area contributed by atoms with E-state index < -0.39 is 23.6 Å². The molecule has 108 valence electrons. The second kappa shape index (κ2) is 5.20. The zero-order valence-corrected chi connectivity index (χ0v) is 10.5. The van der Waals surface area contributed by atoms with E-state index in [9.17, 15) is 17.6 Å². The molecule has 20 heavy (non-hydrogen) atoms. The van der Waals surface area contributed by atoms with Crippen LogP contribution in [0.3, 0.4) is 0 Å². The number of aryl methyl sites for hydroxylation is 1. The van der Waals surface area contributed by atoms with E-state index in [2.05, 4.69) is 10.3 Å². The SMILES string of the molecule is Cn1cc(CC(N)c2ccc(F)c(C(F)(F)F)c2)nn1. The number of alkyl halides is 3. The summed E-state index contributed by atoms with van der Waals surface area (Å²) in [6, 6.07) is 2.03. The first kappa shape index (κ1) is 14.4. The summed E-state index contributed by atoms with van der Waals surface area (Å²) in [5.74, 6) is -1.31. The van der Waals surface area contributed by atoms with Crippen LogP contribution in [0.2, 0.25) is 0 Å². The Kier molecular flexibility index (Phi) is 3.76. The van der Waals surface area contributed by atoms with Gasteiger partial charge in [-0.1, -0.05) is 11.3 Å². The van der Waals surface area contributed by atoms with Gasteiger partial charge in [-0.3, -0.25) is 4.68 Å². The Morgan fingerprint density at radius 3 is 2.60 bits per heavy atom. The highest BCUT2D eigenvalue weighted by Gasteiger charge is 2.34. The summed E-state index contributed by atoms with van der Waals surface area (Å²) in [5.41, 5.74) is 5.27. The minimum absolute atomic E-state index is 0.198. The van der Waals surface area contributed by atoms with E-state index in [0.717, 1.165) is 12.1 Å². The molecule has 0 bridgehead atoms. The average Bonchev–Trinajstić information content (AvgIpc) is 2.73. The lowest BCUT2D eigenvalue weighted by atomic mass is 10.0. The Morgan fingerprint density at radius 1 is 1.35 bits per heavy atom. The van der Waals surface area contributed by atoms with Gasteiger partial charge in [-0.25, -0.2) is 4.39 Å². The van der Waals surface area contributed by atoms with Crippen LogP contribution in [-0.4, -0.2) is 15.0 Å². The molecule has 0 saturated carbocycles. The highest BCUT2D eigenvalue weighted by Crippen LogP contribution is 2.33. The van der Waals surface area contributed by atoms with Gasteiger partial charge in [-0.2, -0.15) is 13.2 Å². The van der Waals surface area contributed by atoms with Gasteiger partial charge in [0, 0.05) is 25.7 Å². The first-order chi connectivity index (χ1) is 9.27. The molecule has 2 N–H and O–H groups in total. The Balaban J connectivity index is 2.24. The molecule has 0 aliphatic rings. The third kappa shape index (κ3) is 3.13. The summed E-state index contributed by atoms with van der Waals surface area (Å²) < 4.78 is 52.5. The molecular formula is C12H12F4N4. The Labute approximate surface area is 112 Å². The molecule has 0 fully saturated rings. The molecule has 0 amide bonds. The number of hydrogen-bond acceptors (Lipinski definition) is 3. The monoisotopic (exact) mass is 288 g/mol. The molecule has 1 aromatic carbocycles. The first-order valence-electron chi connectivity index (χ1n) is 5.75. The lowest BCUT2D eigenvalue weighted by Gasteiger charge is -2.14. The second-order valence-corrected chi connectivity index (χ2v) is 4.43. The van der Waals surface area contributed by atoms with Gasteiger partial charge < -0.3 is 5.73 Å². The van der Waals surface area contributed by atoms with E-state index in [4.69, 9.17) is 5.73 Å². The van der Waals surface area contributed by atoms with Gasteiger partial charge in [-0.15, -0.1) is 5.10 Å². The smallest absolute Gasteiger partial charge is 0.324 e. The highest BCUT2D eigenvalue weighted by molar-refractivity contribution is 5.30. The maximum absolute atomic E-state index is 13.2. The van der Waals surface area contributed by atoms with Crippen molar-refractivity contribution in [3.05, 3.63) is 47.0 Å². The number of nitrogens with two attached hydrogens (primary N) is 1. The summed E-state index contributed by atoms with van der Waals surface area (Å²) >= 11 is 0. The van der Waals surface area contributed by atoms with Crippen molar-refractivity contribution in [3.63, 3.8) is 0 Å². The maximum atomic E-state index is 13.2. The Bertz CT molecular complexity index is 606. The van der Waals surface area contributed by atoms with Crippen molar-refractivity contribution in [2.24, 2.45) is 12.8 Å². The molecule has 1 aromatic heterocycles. The van der Waals surface area contributed by atoms with Crippen molar-refractivity contribution in [1.29, 1.82) is 0 Å². The molecule has 0 saturated heterocycles. The van der Waals surface area contributed by atoms with E-state index in [1.165, 1.54) is 10.7 Å². The molecule has 1 heterocycles. The van der Waals surface area contributed by atoms with Crippen LogP contribution in [0.1, 0.15) is 22.9 Å². The molecular weight excluding hydrogens is 276 g/mol. The van der Waals surface area contributed by atoms with Crippen LogP contribution in [0.4, 0.5) is 17.6 Å². The van der Waals surface area contributed by atoms with Gasteiger partial charge in [0.25, 0.3) is 0 Å². The van der Waals surface area contributed by atoms with Gasteiger partial charge >= 0.3 is 6.18 Å². The molecule has 0 aliphatic carbocycles. The van der Waals surface area contributed by atoms with Crippen molar-refractivity contribution in [1.82, 2.24) is 15.0 Å². The molecule has 2 aromatic rings. The van der Waals surface area contributed by atoms with Crippen LogP contribution in [-0.2, 0) is 19.6 Å². The van der Waals surface area contributed by atoms with Crippen molar-refractivity contribution in [2.75, 3.05) is 0 Å². The molecule has 0 aliphatic heterocycles. The van der Waals surface area contributed by atoms with Gasteiger partial charge in [-0.05, 0) is 17.7 Å². The predicted octanol–water partition coefficient (Wildman–Crippen LogP) is 2.22. The topological polar surface area (TPSA) is 56.7 Å². The molecule has 0 spiro atoms. The number of aromatic nitrogens is 3. The fourth-order valence-corrected chi connectivity index (χ4v) is 1.82. The van der Waals surface area contributed by atoms with E-state index in [1.54, 1.807) is 13.2 Å². The first-order valence-corrected chi connectivity index (χ1v) is 5.75. The number of halogens is 4.